The number of methoxy groups -OCH3 is 1. The predicted molar refractivity (Wildman–Crippen MR) is 74.5 cm³/mol. The van der Waals surface area contributed by atoms with E-state index in [0.717, 1.165) is 0 Å². The van der Waals surface area contributed by atoms with Crippen LogP contribution < -0.4 is 4.74 Å². The Labute approximate surface area is 125 Å². The number of aryl methyl sites for hydroxylation is 1. The van der Waals surface area contributed by atoms with Crippen molar-refractivity contribution in [2.75, 3.05) is 7.11 Å². The molecule has 110 valence electrons. The van der Waals surface area contributed by atoms with Gasteiger partial charge in [-0.3, -0.25) is 0 Å². The zero-order chi connectivity index (χ0) is 15.6. The summed E-state index contributed by atoms with van der Waals surface area (Å²) in [6, 6.07) is 4.07. The van der Waals surface area contributed by atoms with E-state index in [1.807, 2.05) is 0 Å². The van der Waals surface area contributed by atoms with Gasteiger partial charge in [0.2, 0.25) is 11.7 Å². The van der Waals surface area contributed by atoms with E-state index in [1.54, 1.807) is 13.0 Å². The smallest absolute Gasteiger partial charge is 0.374 e. The maximum Gasteiger partial charge on any atom is 0.374 e. The quantitative estimate of drug-likeness (QED) is 0.940. The summed E-state index contributed by atoms with van der Waals surface area (Å²) in [5.74, 6) is -1.83. The van der Waals surface area contributed by atoms with Crippen LogP contribution in [0, 0.1) is 12.7 Å². The summed E-state index contributed by atoms with van der Waals surface area (Å²) in [5.41, 5.74) is 1.75. The molecule has 5 nitrogen and oxygen atoms in total. The molecule has 2 aromatic rings. The first kappa shape index (κ1) is 15.2. The number of aromatic nitrogens is 2. The van der Waals surface area contributed by atoms with Crippen molar-refractivity contribution in [3.05, 3.63) is 51.7 Å². The van der Waals surface area contributed by atoms with Crippen LogP contribution in [0.5, 0.6) is 5.88 Å². The zero-order valence-corrected chi connectivity index (χ0v) is 12.1. The van der Waals surface area contributed by atoms with Gasteiger partial charge in [0.1, 0.15) is 5.82 Å². The number of carboxylic acids is 1. The van der Waals surface area contributed by atoms with Crippen molar-refractivity contribution < 1.29 is 19.0 Å². The molecule has 0 saturated heterocycles. The van der Waals surface area contributed by atoms with Crippen LogP contribution in [0.4, 0.5) is 4.39 Å². The summed E-state index contributed by atoms with van der Waals surface area (Å²) in [6.45, 7) is 1.66. The van der Waals surface area contributed by atoms with Crippen molar-refractivity contribution >= 4 is 17.6 Å². The second-order valence-electron chi connectivity index (χ2n) is 4.34. The van der Waals surface area contributed by atoms with E-state index >= 15 is 0 Å². The number of nitrogens with zero attached hydrogens (tertiary/aromatic N) is 2. The molecule has 1 aromatic carbocycles. The summed E-state index contributed by atoms with van der Waals surface area (Å²) in [4.78, 5) is 18.7. The molecule has 21 heavy (non-hydrogen) atoms. The Morgan fingerprint density at radius 2 is 2.14 bits per heavy atom. The van der Waals surface area contributed by atoms with Gasteiger partial charge in [0.25, 0.3) is 0 Å². The average Bonchev–Trinajstić information content (AvgIpc) is 2.42. The van der Waals surface area contributed by atoms with Crippen LogP contribution in [-0.2, 0) is 6.42 Å². The van der Waals surface area contributed by atoms with E-state index in [4.69, 9.17) is 21.4 Å². The summed E-state index contributed by atoms with van der Waals surface area (Å²) in [6.07, 6.45) is 0.314. The molecule has 0 spiro atoms. The third kappa shape index (κ3) is 3.28. The van der Waals surface area contributed by atoms with Gasteiger partial charge in [-0.1, -0.05) is 17.7 Å². The Kier molecular flexibility index (Phi) is 4.37. The molecule has 0 bridgehead atoms. The molecule has 0 aliphatic heterocycles. The number of halogens is 2. The Morgan fingerprint density at radius 3 is 2.71 bits per heavy atom. The molecule has 0 aliphatic rings. The molecule has 0 fully saturated rings. The second-order valence-corrected chi connectivity index (χ2v) is 4.75. The first-order valence-corrected chi connectivity index (χ1v) is 6.39. The van der Waals surface area contributed by atoms with Crippen molar-refractivity contribution in [3.63, 3.8) is 0 Å². The van der Waals surface area contributed by atoms with E-state index < -0.39 is 11.8 Å². The highest BCUT2D eigenvalue weighted by Crippen LogP contribution is 2.26. The molecular weight excluding hydrogens is 299 g/mol. The fourth-order valence-corrected chi connectivity index (χ4v) is 2.13. The molecule has 1 aromatic heterocycles. The van der Waals surface area contributed by atoms with Gasteiger partial charge in [-0.25, -0.2) is 14.2 Å². The molecule has 0 atom stereocenters. The number of benzene rings is 1. The van der Waals surface area contributed by atoms with Crippen LogP contribution >= 0.6 is 11.6 Å². The number of aromatic carboxylic acids is 1. The normalized spacial score (nSPS) is 10.5. The molecule has 0 saturated carbocycles. The Balaban J connectivity index is 2.46. The van der Waals surface area contributed by atoms with E-state index in [-0.39, 0.29) is 16.7 Å². The lowest BCUT2D eigenvalue weighted by atomic mass is 10.0. The molecule has 0 radical (unpaired) electrons. The zero-order valence-electron chi connectivity index (χ0n) is 11.4. The molecule has 0 aliphatic carbocycles. The van der Waals surface area contributed by atoms with E-state index in [2.05, 4.69) is 9.97 Å². The van der Waals surface area contributed by atoms with Crippen LogP contribution in [0.3, 0.4) is 0 Å². The number of ether oxygens (including phenoxy) is 1. The topological polar surface area (TPSA) is 72.3 Å². The number of hydrogen-bond donors (Lipinski definition) is 1. The lowest BCUT2D eigenvalue weighted by Gasteiger charge is -2.12. The van der Waals surface area contributed by atoms with Crippen LogP contribution in [0.25, 0.3) is 0 Å². The van der Waals surface area contributed by atoms with Gasteiger partial charge < -0.3 is 9.84 Å². The minimum Gasteiger partial charge on any atom is -0.481 e. The summed E-state index contributed by atoms with van der Waals surface area (Å²) >= 11 is 5.99. The molecule has 0 unspecified atom stereocenters. The van der Waals surface area contributed by atoms with Crippen molar-refractivity contribution in [1.29, 1.82) is 0 Å². The molecular formula is C14H12ClFN2O3. The van der Waals surface area contributed by atoms with Gasteiger partial charge in [0, 0.05) is 22.7 Å². The van der Waals surface area contributed by atoms with Gasteiger partial charge in [-0.05, 0) is 24.6 Å². The summed E-state index contributed by atoms with van der Waals surface area (Å²) in [5, 5.41) is 9.22. The molecule has 1 heterocycles. The Morgan fingerprint density at radius 1 is 1.43 bits per heavy atom. The van der Waals surface area contributed by atoms with Crippen molar-refractivity contribution in [2.24, 2.45) is 0 Å². The highest BCUT2D eigenvalue weighted by atomic mass is 35.5. The Hall–Kier alpha value is -2.21. The molecule has 7 heteroatoms. The molecule has 2 rings (SSSR count). The molecule has 0 amide bonds. The van der Waals surface area contributed by atoms with Gasteiger partial charge in [-0.2, -0.15) is 4.98 Å². The lowest BCUT2D eigenvalue weighted by Crippen LogP contribution is -2.10. The first-order valence-electron chi connectivity index (χ1n) is 6.01. The predicted octanol–water partition coefficient (Wildman–Crippen LogP) is 2.88. The summed E-state index contributed by atoms with van der Waals surface area (Å²) in [7, 11) is 1.39. The third-order valence-corrected chi connectivity index (χ3v) is 3.29. The number of carbonyl (C=O) groups is 1. The van der Waals surface area contributed by atoms with E-state index in [0.29, 0.717) is 23.2 Å². The standard InChI is InChI=1S/C14H12ClFN2O3/c1-7-10(5-8-3-4-9(16)6-11(8)15)13(21-2)18-12(17-7)14(19)20/h3-4,6H,5H2,1-2H3,(H,19,20). The van der Waals surface area contributed by atoms with Crippen molar-refractivity contribution in [1.82, 2.24) is 9.97 Å². The SMILES string of the molecule is COc1nc(C(=O)O)nc(C)c1Cc1ccc(F)cc1Cl. The minimum atomic E-state index is -1.23. The number of rotatable bonds is 4. The lowest BCUT2D eigenvalue weighted by molar-refractivity contribution is 0.0682. The van der Waals surface area contributed by atoms with Gasteiger partial charge >= 0.3 is 5.97 Å². The fourth-order valence-electron chi connectivity index (χ4n) is 1.89. The highest BCUT2D eigenvalue weighted by Gasteiger charge is 2.17. The van der Waals surface area contributed by atoms with Crippen LogP contribution in [0.2, 0.25) is 5.02 Å². The van der Waals surface area contributed by atoms with Gasteiger partial charge in [0.05, 0.1) is 7.11 Å². The first-order chi connectivity index (χ1) is 9.92. The maximum absolute atomic E-state index is 13.1. The largest absolute Gasteiger partial charge is 0.481 e. The van der Waals surface area contributed by atoms with Gasteiger partial charge in [0.15, 0.2) is 0 Å². The van der Waals surface area contributed by atoms with Crippen LogP contribution in [0.1, 0.15) is 27.4 Å². The summed E-state index contributed by atoms with van der Waals surface area (Å²) < 4.78 is 18.2. The highest BCUT2D eigenvalue weighted by molar-refractivity contribution is 6.31. The van der Waals surface area contributed by atoms with Crippen molar-refractivity contribution in [2.45, 2.75) is 13.3 Å². The molecule has 1 N–H and O–H groups in total. The van der Waals surface area contributed by atoms with Crippen LogP contribution in [-0.4, -0.2) is 28.2 Å². The second kappa shape index (κ2) is 6.05. The minimum absolute atomic E-state index is 0.167. The maximum atomic E-state index is 13.1. The third-order valence-electron chi connectivity index (χ3n) is 2.94. The fraction of sp³-hybridized carbons (Fsp3) is 0.214. The number of hydrogen-bond acceptors (Lipinski definition) is 4. The average molecular weight is 311 g/mol. The van der Waals surface area contributed by atoms with Crippen LogP contribution in [0.15, 0.2) is 18.2 Å². The number of carboxylic acid groups (broad SMARTS) is 1. The monoisotopic (exact) mass is 310 g/mol. The van der Waals surface area contributed by atoms with Crippen molar-refractivity contribution in [3.8, 4) is 5.88 Å². The van der Waals surface area contributed by atoms with Gasteiger partial charge in [-0.15, -0.1) is 0 Å². The Bertz CT molecular complexity index is 707. The van der Waals surface area contributed by atoms with E-state index in [1.165, 1.54) is 19.2 Å². The van der Waals surface area contributed by atoms with E-state index in [9.17, 15) is 9.18 Å².